The van der Waals surface area contributed by atoms with Crippen LogP contribution in [0.1, 0.15) is 39.0 Å². The first-order valence-electron chi connectivity index (χ1n) is 8.41. The molecule has 2 aromatic carbocycles. The Morgan fingerprint density at radius 3 is 2.41 bits per heavy atom. The number of amides is 1. The highest BCUT2D eigenvalue weighted by molar-refractivity contribution is 5.94. The lowest BCUT2D eigenvalue weighted by atomic mass is 10.1. The number of carboxylic acids is 1. The summed E-state index contributed by atoms with van der Waals surface area (Å²) in [6.45, 7) is 2.39. The molecule has 0 aliphatic heterocycles. The molecule has 0 saturated carbocycles. The van der Waals surface area contributed by atoms with Gasteiger partial charge in [-0.05, 0) is 42.8 Å². The fraction of sp³-hybridized carbons (Fsp3) is 0.100. The number of nitrogens with one attached hydrogen (secondary N) is 1. The minimum atomic E-state index is -1.16. The largest absolute Gasteiger partial charge is 0.476 e. The van der Waals surface area contributed by atoms with Gasteiger partial charge in [-0.1, -0.05) is 41.6 Å². The van der Waals surface area contributed by atoms with Crippen LogP contribution in [0, 0.1) is 0 Å². The Morgan fingerprint density at radius 2 is 1.78 bits per heavy atom. The van der Waals surface area contributed by atoms with Gasteiger partial charge in [-0.15, -0.1) is 5.10 Å². The van der Waals surface area contributed by atoms with Crippen LogP contribution in [0.4, 0.5) is 0 Å². The minimum absolute atomic E-state index is 0.144. The molecule has 0 unspecified atom stereocenters. The number of aromatic nitrogens is 3. The summed E-state index contributed by atoms with van der Waals surface area (Å²) in [5.74, 6) is -1.33. The number of nitrogens with zero attached hydrogens (tertiary/aromatic N) is 3. The van der Waals surface area contributed by atoms with Gasteiger partial charge in [-0.2, -0.15) is 0 Å². The van der Waals surface area contributed by atoms with Gasteiger partial charge in [0.2, 0.25) is 0 Å². The van der Waals surface area contributed by atoms with E-state index in [0.29, 0.717) is 23.5 Å². The van der Waals surface area contributed by atoms with Gasteiger partial charge < -0.3 is 10.4 Å². The van der Waals surface area contributed by atoms with Crippen LogP contribution in [0.5, 0.6) is 0 Å². The quantitative estimate of drug-likeness (QED) is 0.703. The summed E-state index contributed by atoms with van der Waals surface area (Å²) in [6, 6.07) is 16.2. The average Bonchev–Trinajstić information content (AvgIpc) is 3.12. The highest BCUT2D eigenvalue weighted by Gasteiger charge is 2.18. The van der Waals surface area contributed by atoms with Crippen molar-refractivity contribution in [2.45, 2.75) is 6.92 Å². The van der Waals surface area contributed by atoms with Crippen LogP contribution >= 0.6 is 0 Å². The molecular formula is C20H18N4O3. The predicted octanol–water partition coefficient (Wildman–Crippen LogP) is 2.89. The molecule has 0 radical (unpaired) electrons. The third kappa shape index (κ3) is 4.09. The van der Waals surface area contributed by atoms with Crippen molar-refractivity contribution in [1.29, 1.82) is 0 Å². The van der Waals surface area contributed by atoms with E-state index in [9.17, 15) is 14.7 Å². The van der Waals surface area contributed by atoms with Crippen molar-refractivity contribution in [1.82, 2.24) is 20.3 Å². The second-order valence-electron chi connectivity index (χ2n) is 5.69. The molecule has 7 nitrogen and oxygen atoms in total. The van der Waals surface area contributed by atoms with E-state index in [4.69, 9.17) is 0 Å². The summed E-state index contributed by atoms with van der Waals surface area (Å²) >= 11 is 0. The van der Waals surface area contributed by atoms with E-state index >= 15 is 0 Å². The molecule has 0 bridgehead atoms. The summed E-state index contributed by atoms with van der Waals surface area (Å²) < 4.78 is 1.43. The number of rotatable bonds is 6. The zero-order valence-corrected chi connectivity index (χ0v) is 14.7. The van der Waals surface area contributed by atoms with Gasteiger partial charge in [-0.25, -0.2) is 9.48 Å². The Hall–Kier alpha value is -3.74. The van der Waals surface area contributed by atoms with Crippen LogP contribution in [0.3, 0.4) is 0 Å². The first kappa shape index (κ1) is 18.1. The van der Waals surface area contributed by atoms with Crippen molar-refractivity contribution < 1.29 is 14.7 Å². The summed E-state index contributed by atoms with van der Waals surface area (Å²) in [7, 11) is 0. The van der Waals surface area contributed by atoms with Gasteiger partial charge in [0.25, 0.3) is 5.91 Å². The Balaban J connectivity index is 1.97. The fourth-order valence-electron chi connectivity index (χ4n) is 2.54. The maximum atomic E-state index is 11.9. The molecule has 3 rings (SSSR count). The van der Waals surface area contributed by atoms with E-state index in [2.05, 4.69) is 15.6 Å². The van der Waals surface area contributed by atoms with Crippen LogP contribution in [0.2, 0.25) is 0 Å². The van der Waals surface area contributed by atoms with Gasteiger partial charge >= 0.3 is 5.97 Å². The molecule has 7 heteroatoms. The molecule has 3 aromatic rings. The molecule has 2 N–H and O–H groups in total. The molecule has 1 amide bonds. The van der Waals surface area contributed by atoms with Gasteiger partial charge in [0.1, 0.15) is 5.69 Å². The lowest BCUT2D eigenvalue weighted by molar-refractivity contribution is 0.0690. The summed E-state index contributed by atoms with van der Waals surface area (Å²) in [6.07, 6.45) is 3.46. The van der Waals surface area contributed by atoms with Gasteiger partial charge in [0.05, 0.1) is 5.69 Å². The van der Waals surface area contributed by atoms with Gasteiger partial charge in [-0.3, -0.25) is 4.79 Å². The van der Waals surface area contributed by atoms with Crippen molar-refractivity contribution >= 4 is 24.0 Å². The normalized spacial score (nSPS) is 10.9. The number of aromatic carboxylic acids is 1. The third-order valence-electron chi connectivity index (χ3n) is 3.85. The zero-order chi connectivity index (χ0) is 19.2. The Labute approximate surface area is 156 Å². The smallest absolute Gasteiger partial charge is 0.358 e. The number of carbonyl (C=O) groups excluding carboxylic acids is 1. The lowest BCUT2D eigenvalue weighted by Crippen LogP contribution is -2.22. The van der Waals surface area contributed by atoms with E-state index in [-0.39, 0.29) is 11.6 Å². The molecule has 0 spiro atoms. The predicted molar refractivity (Wildman–Crippen MR) is 102 cm³/mol. The Kier molecular flexibility index (Phi) is 5.41. The topological polar surface area (TPSA) is 97.1 Å². The maximum absolute atomic E-state index is 11.9. The number of carbonyl (C=O) groups is 2. The molecule has 1 aromatic heterocycles. The Bertz CT molecular complexity index is 976. The van der Waals surface area contributed by atoms with Crippen molar-refractivity contribution in [3.63, 3.8) is 0 Å². The molecule has 136 valence electrons. The van der Waals surface area contributed by atoms with E-state index in [1.165, 1.54) is 4.68 Å². The number of benzene rings is 2. The van der Waals surface area contributed by atoms with E-state index in [0.717, 1.165) is 5.56 Å². The minimum Gasteiger partial charge on any atom is -0.476 e. The van der Waals surface area contributed by atoms with Crippen LogP contribution in [0.25, 0.3) is 17.8 Å². The fourth-order valence-corrected chi connectivity index (χ4v) is 2.54. The van der Waals surface area contributed by atoms with Crippen molar-refractivity contribution in [3.05, 3.63) is 77.1 Å². The summed E-state index contributed by atoms with van der Waals surface area (Å²) in [5, 5.41) is 19.9. The second kappa shape index (κ2) is 8.09. The average molecular weight is 362 g/mol. The van der Waals surface area contributed by atoms with E-state index in [1.807, 2.05) is 37.3 Å². The molecule has 0 atom stereocenters. The molecule has 0 saturated heterocycles. The molecular weight excluding hydrogens is 344 g/mol. The lowest BCUT2D eigenvalue weighted by Gasteiger charge is -2.06. The van der Waals surface area contributed by atoms with Crippen LogP contribution < -0.4 is 5.32 Å². The van der Waals surface area contributed by atoms with Crippen molar-refractivity contribution in [3.8, 4) is 5.69 Å². The molecule has 27 heavy (non-hydrogen) atoms. The summed E-state index contributed by atoms with van der Waals surface area (Å²) in [4.78, 5) is 23.4. The number of hydrogen-bond donors (Lipinski definition) is 2. The molecule has 0 aliphatic carbocycles. The van der Waals surface area contributed by atoms with Gasteiger partial charge in [0.15, 0.2) is 5.69 Å². The molecule has 0 fully saturated rings. The van der Waals surface area contributed by atoms with Crippen LogP contribution in [-0.4, -0.2) is 38.5 Å². The SMILES string of the molecule is CCNC(=O)c1ccc(-n2nnc(C(=O)O)c2/C=C/c2ccccc2)cc1. The van der Waals surface area contributed by atoms with E-state index < -0.39 is 5.97 Å². The third-order valence-corrected chi connectivity index (χ3v) is 3.85. The number of hydrogen-bond acceptors (Lipinski definition) is 4. The van der Waals surface area contributed by atoms with Gasteiger partial charge in [0, 0.05) is 12.1 Å². The standard InChI is InChI=1S/C20H18N4O3/c1-2-21-19(25)15-9-11-16(12-10-15)24-17(18(20(26)27)22-23-24)13-8-14-6-4-3-5-7-14/h3-13H,2H2,1H3,(H,21,25)(H,26,27)/b13-8+. The Morgan fingerprint density at radius 1 is 1.07 bits per heavy atom. The number of carboxylic acid groups (broad SMARTS) is 1. The monoisotopic (exact) mass is 362 g/mol. The van der Waals surface area contributed by atoms with Crippen molar-refractivity contribution in [2.75, 3.05) is 6.54 Å². The van der Waals surface area contributed by atoms with Crippen molar-refractivity contribution in [2.24, 2.45) is 0 Å². The summed E-state index contributed by atoms with van der Waals surface area (Å²) in [5.41, 5.74) is 2.25. The van der Waals surface area contributed by atoms with Crippen LogP contribution in [-0.2, 0) is 0 Å². The van der Waals surface area contributed by atoms with Crippen LogP contribution in [0.15, 0.2) is 54.6 Å². The molecule has 1 heterocycles. The highest BCUT2D eigenvalue weighted by Crippen LogP contribution is 2.17. The first-order valence-corrected chi connectivity index (χ1v) is 8.41. The van der Waals surface area contributed by atoms with E-state index in [1.54, 1.807) is 36.4 Å². The zero-order valence-electron chi connectivity index (χ0n) is 14.7. The highest BCUT2D eigenvalue weighted by atomic mass is 16.4. The molecule has 0 aliphatic rings. The first-order chi connectivity index (χ1) is 13.1. The second-order valence-corrected chi connectivity index (χ2v) is 5.69. The maximum Gasteiger partial charge on any atom is 0.358 e.